The molecule has 3 aromatic carbocycles. The second-order valence-electron chi connectivity index (χ2n) is 7.70. The molecule has 2 N–H and O–H groups in total. The molecule has 0 bridgehead atoms. The molecule has 4 aromatic rings. The molecule has 0 spiro atoms. The third kappa shape index (κ3) is 3.70. The minimum absolute atomic E-state index is 0.177. The van der Waals surface area contributed by atoms with E-state index < -0.39 is 0 Å². The Balaban J connectivity index is 1.49. The first kappa shape index (κ1) is 18.5. The van der Waals surface area contributed by atoms with Gasteiger partial charge in [0.15, 0.2) is 0 Å². The molecule has 1 aromatic heterocycles. The molecule has 0 fully saturated rings. The number of fused-ring (bicyclic) bond motifs is 3. The lowest BCUT2D eigenvalue weighted by atomic mass is 9.93. The highest BCUT2D eigenvalue weighted by molar-refractivity contribution is 9.10. The Morgan fingerprint density at radius 2 is 1.90 bits per heavy atom. The van der Waals surface area contributed by atoms with Gasteiger partial charge in [-0.25, -0.2) is 0 Å². The molecule has 0 saturated carbocycles. The first-order valence-electron chi connectivity index (χ1n) is 9.99. The number of benzene rings is 3. The monoisotopic (exact) mass is 446 g/mol. The molecule has 29 heavy (non-hydrogen) atoms. The molecule has 0 saturated heterocycles. The van der Waals surface area contributed by atoms with Crippen LogP contribution in [0.25, 0.3) is 10.9 Å². The number of hydrogen-bond donors (Lipinski definition) is 2. The highest BCUT2D eigenvalue weighted by atomic mass is 79.9. The molecule has 1 aliphatic rings. The highest BCUT2D eigenvalue weighted by Gasteiger charge is 2.25. The molecule has 146 valence electrons. The maximum absolute atomic E-state index is 6.07. The number of aromatic nitrogens is 1. The van der Waals surface area contributed by atoms with Gasteiger partial charge in [-0.3, -0.25) is 0 Å². The van der Waals surface area contributed by atoms with Crippen molar-refractivity contribution in [2.45, 2.75) is 26.0 Å². The summed E-state index contributed by atoms with van der Waals surface area (Å²) in [5.74, 6) is 0.913. The van der Waals surface area contributed by atoms with Crippen molar-refractivity contribution in [2.24, 2.45) is 0 Å². The van der Waals surface area contributed by atoms with Gasteiger partial charge in [0, 0.05) is 27.6 Å². The third-order valence-corrected chi connectivity index (χ3v) is 6.03. The maximum atomic E-state index is 6.07. The molecule has 1 unspecified atom stereocenters. The molecule has 0 aliphatic carbocycles. The van der Waals surface area contributed by atoms with Crippen molar-refractivity contribution in [1.29, 1.82) is 0 Å². The number of halogens is 1. The van der Waals surface area contributed by atoms with Gasteiger partial charge in [0.05, 0.1) is 6.04 Å². The van der Waals surface area contributed by atoms with Gasteiger partial charge >= 0.3 is 0 Å². The van der Waals surface area contributed by atoms with Crippen LogP contribution in [0.1, 0.15) is 34.0 Å². The van der Waals surface area contributed by atoms with Crippen LogP contribution >= 0.6 is 15.9 Å². The second kappa shape index (κ2) is 7.69. The zero-order chi connectivity index (χ0) is 19.8. The van der Waals surface area contributed by atoms with Gasteiger partial charge in [0.25, 0.3) is 0 Å². The number of aromatic amines is 1. The van der Waals surface area contributed by atoms with Crippen molar-refractivity contribution in [3.05, 3.63) is 99.2 Å². The van der Waals surface area contributed by atoms with Crippen molar-refractivity contribution in [1.82, 2.24) is 10.3 Å². The minimum atomic E-state index is 0.177. The summed E-state index contributed by atoms with van der Waals surface area (Å²) >= 11 is 3.65. The standard InChI is InChI=1S/C25H23BrN2O/c1-16-11-18(13-19(26)12-16)24-25-21(9-10-27-24)22-14-20(7-8-23(22)28-25)29-15-17-5-3-2-4-6-17/h2-8,11-14,24,27-28H,9-10,15H2,1H3. The van der Waals surface area contributed by atoms with E-state index in [9.17, 15) is 0 Å². The van der Waals surface area contributed by atoms with Gasteiger partial charge in [-0.05, 0) is 65.9 Å². The first-order chi connectivity index (χ1) is 14.2. The molecule has 1 atom stereocenters. The van der Waals surface area contributed by atoms with Crippen molar-refractivity contribution in [3.8, 4) is 5.75 Å². The summed E-state index contributed by atoms with van der Waals surface area (Å²) in [5.41, 5.74) is 7.55. The number of ether oxygens (including phenoxy) is 1. The number of H-pyrrole nitrogens is 1. The number of nitrogens with one attached hydrogen (secondary N) is 2. The molecule has 1 aliphatic heterocycles. The molecule has 3 nitrogen and oxygen atoms in total. The summed E-state index contributed by atoms with van der Waals surface area (Å²) in [5, 5.41) is 4.95. The van der Waals surface area contributed by atoms with E-state index in [1.165, 1.54) is 38.9 Å². The summed E-state index contributed by atoms with van der Waals surface area (Å²) < 4.78 is 7.19. The van der Waals surface area contributed by atoms with Crippen molar-refractivity contribution >= 4 is 26.8 Å². The van der Waals surface area contributed by atoms with Crippen LogP contribution in [0.15, 0.2) is 71.2 Å². The van der Waals surface area contributed by atoms with E-state index in [0.29, 0.717) is 6.61 Å². The van der Waals surface area contributed by atoms with Crippen LogP contribution in [0.4, 0.5) is 0 Å². The Bertz CT molecular complexity index is 1150. The molecule has 2 heterocycles. The van der Waals surface area contributed by atoms with E-state index in [2.05, 4.69) is 81.7 Å². The molecular weight excluding hydrogens is 424 g/mol. The van der Waals surface area contributed by atoms with Gasteiger partial charge in [0.2, 0.25) is 0 Å². The third-order valence-electron chi connectivity index (χ3n) is 5.57. The lowest BCUT2D eigenvalue weighted by Gasteiger charge is -2.25. The van der Waals surface area contributed by atoms with Gasteiger partial charge in [-0.1, -0.05) is 52.3 Å². The SMILES string of the molecule is Cc1cc(Br)cc(C2NCCc3c2[nH]c2ccc(OCc4ccccc4)cc32)c1. The zero-order valence-corrected chi connectivity index (χ0v) is 17.9. The minimum Gasteiger partial charge on any atom is -0.489 e. The van der Waals surface area contributed by atoms with E-state index >= 15 is 0 Å². The Morgan fingerprint density at radius 1 is 1.03 bits per heavy atom. The predicted octanol–water partition coefficient (Wildman–Crippen LogP) is 6.05. The second-order valence-corrected chi connectivity index (χ2v) is 8.61. The van der Waals surface area contributed by atoms with E-state index in [-0.39, 0.29) is 6.04 Å². The van der Waals surface area contributed by atoms with Crippen molar-refractivity contribution in [3.63, 3.8) is 0 Å². The smallest absolute Gasteiger partial charge is 0.120 e. The van der Waals surface area contributed by atoms with Gasteiger partial charge < -0.3 is 15.0 Å². The van der Waals surface area contributed by atoms with Crippen LogP contribution in [-0.2, 0) is 13.0 Å². The fraction of sp³-hybridized carbons (Fsp3) is 0.200. The van der Waals surface area contributed by atoms with E-state index in [0.717, 1.165) is 23.2 Å². The maximum Gasteiger partial charge on any atom is 0.120 e. The van der Waals surface area contributed by atoms with Gasteiger partial charge in [0.1, 0.15) is 12.4 Å². The van der Waals surface area contributed by atoms with Crippen LogP contribution in [0.5, 0.6) is 5.75 Å². The van der Waals surface area contributed by atoms with Crippen molar-refractivity contribution < 1.29 is 4.74 Å². The van der Waals surface area contributed by atoms with Gasteiger partial charge in [-0.2, -0.15) is 0 Å². The largest absolute Gasteiger partial charge is 0.489 e. The van der Waals surface area contributed by atoms with Crippen LogP contribution in [0, 0.1) is 6.92 Å². The van der Waals surface area contributed by atoms with E-state index in [4.69, 9.17) is 4.74 Å². The summed E-state index contributed by atoms with van der Waals surface area (Å²) in [7, 11) is 0. The van der Waals surface area contributed by atoms with E-state index in [1.807, 2.05) is 18.2 Å². The molecular formula is C25H23BrN2O. The molecule has 0 radical (unpaired) electrons. The van der Waals surface area contributed by atoms with Crippen molar-refractivity contribution in [2.75, 3.05) is 6.54 Å². The van der Waals surface area contributed by atoms with Crippen LogP contribution in [0.3, 0.4) is 0 Å². The quantitative estimate of drug-likeness (QED) is 0.400. The Morgan fingerprint density at radius 3 is 2.72 bits per heavy atom. The number of hydrogen-bond acceptors (Lipinski definition) is 2. The molecule has 5 rings (SSSR count). The fourth-order valence-corrected chi connectivity index (χ4v) is 4.88. The first-order valence-corrected chi connectivity index (χ1v) is 10.8. The summed E-state index contributed by atoms with van der Waals surface area (Å²) in [6.45, 7) is 3.69. The van der Waals surface area contributed by atoms with Gasteiger partial charge in [-0.15, -0.1) is 0 Å². The number of rotatable bonds is 4. The van der Waals surface area contributed by atoms with Crippen LogP contribution < -0.4 is 10.1 Å². The Hall–Kier alpha value is -2.56. The highest BCUT2D eigenvalue weighted by Crippen LogP contribution is 2.36. The zero-order valence-electron chi connectivity index (χ0n) is 16.3. The lowest BCUT2D eigenvalue weighted by Crippen LogP contribution is -2.30. The normalized spacial score (nSPS) is 16.0. The Labute approximate surface area is 179 Å². The predicted molar refractivity (Wildman–Crippen MR) is 122 cm³/mol. The average molecular weight is 447 g/mol. The topological polar surface area (TPSA) is 37.0 Å². The Kier molecular flexibility index (Phi) is 4.90. The lowest BCUT2D eigenvalue weighted by molar-refractivity contribution is 0.306. The summed E-state index contributed by atoms with van der Waals surface area (Å²) in [6, 6.07) is 23.5. The van der Waals surface area contributed by atoms with Crippen LogP contribution in [-0.4, -0.2) is 11.5 Å². The van der Waals surface area contributed by atoms with Crippen LogP contribution in [0.2, 0.25) is 0 Å². The summed E-state index contributed by atoms with van der Waals surface area (Å²) in [6.07, 6.45) is 1.01. The fourth-order valence-electron chi connectivity index (χ4n) is 4.25. The molecule has 4 heteroatoms. The average Bonchev–Trinajstić information content (AvgIpc) is 3.10. The molecule has 0 amide bonds. The summed E-state index contributed by atoms with van der Waals surface area (Å²) in [4.78, 5) is 3.67. The number of aryl methyl sites for hydroxylation is 1. The van der Waals surface area contributed by atoms with E-state index in [1.54, 1.807) is 0 Å².